The summed E-state index contributed by atoms with van der Waals surface area (Å²) in [7, 11) is 0. The first-order valence-electron chi connectivity index (χ1n) is 9.78. The number of likely N-dealkylation sites (tertiary alicyclic amines) is 1. The van der Waals surface area contributed by atoms with Crippen molar-refractivity contribution in [1.82, 2.24) is 9.88 Å². The van der Waals surface area contributed by atoms with Gasteiger partial charge in [0.2, 0.25) is 5.91 Å². The van der Waals surface area contributed by atoms with Crippen molar-refractivity contribution < 1.29 is 13.6 Å². The first-order valence-corrected chi connectivity index (χ1v) is 9.78. The van der Waals surface area contributed by atoms with Crippen molar-refractivity contribution in [3.63, 3.8) is 0 Å². The van der Waals surface area contributed by atoms with Gasteiger partial charge in [0.25, 0.3) is 0 Å². The highest BCUT2D eigenvalue weighted by Gasteiger charge is 2.31. The Balaban J connectivity index is 1.58. The van der Waals surface area contributed by atoms with Crippen LogP contribution in [0.2, 0.25) is 0 Å². The van der Waals surface area contributed by atoms with Gasteiger partial charge in [0.05, 0.1) is 18.2 Å². The van der Waals surface area contributed by atoms with Gasteiger partial charge >= 0.3 is 0 Å². The molecule has 3 aromatic rings. The first kappa shape index (κ1) is 19.2. The van der Waals surface area contributed by atoms with Crippen LogP contribution in [0.1, 0.15) is 35.8 Å². The maximum Gasteiger partial charge on any atom is 0.227 e. The topological polar surface area (TPSA) is 33.2 Å². The first-order chi connectivity index (χ1) is 14.0. The number of carbonyl (C=O) groups is 1. The van der Waals surface area contributed by atoms with E-state index in [2.05, 4.69) is 0 Å². The molecule has 0 spiro atoms. The molecule has 0 N–H and O–H groups in total. The Bertz CT molecular complexity index is 1020. The summed E-state index contributed by atoms with van der Waals surface area (Å²) in [5.41, 5.74) is 4.39. The van der Waals surface area contributed by atoms with Crippen LogP contribution in [0.3, 0.4) is 0 Å². The highest BCUT2D eigenvalue weighted by atomic mass is 19.1. The number of aryl methyl sites for hydroxylation is 1. The van der Waals surface area contributed by atoms with Crippen LogP contribution in [0.25, 0.3) is 11.1 Å². The quantitative estimate of drug-likeness (QED) is 0.608. The molecule has 3 nitrogen and oxygen atoms in total. The molecule has 0 saturated carbocycles. The fraction of sp³-hybridized carbons (Fsp3) is 0.250. The van der Waals surface area contributed by atoms with E-state index in [1.807, 2.05) is 24.0 Å². The lowest BCUT2D eigenvalue weighted by molar-refractivity contribution is -0.131. The van der Waals surface area contributed by atoms with Crippen molar-refractivity contribution in [2.24, 2.45) is 0 Å². The van der Waals surface area contributed by atoms with Gasteiger partial charge in [-0.2, -0.15) is 0 Å². The number of halogens is 2. The van der Waals surface area contributed by atoms with Crippen molar-refractivity contribution in [1.29, 1.82) is 0 Å². The Morgan fingerprint density at radius 3 is 2.34 bits per heavy atom. The summed E-state index contributed by atoms with van der Waals surface area (Å²) in [6.45, 7) is 2.61. The van der Waals surface area contributed by atoms with Crippen LogP contribution in [0.15, 0.2) is 60.7 Å². The van der Waals surface area contributed by atoms with E-state index in [1.54, 1.807) is 24.3 Å². The summed E-state index contributed by atoms with van der Waals surface area (Å²) in [5.74, 6) is -0.559. The van der Waals surface area contributed by atoms with Crippen LogP contribution >= 0.6 is 0 Å². The second kappa shape index (κ2) is 8.11. The number of carbonyl (C=O) groups excluding carboxylic acids is 1. The van der Waals surface area contributed by atoms with E-state index in [9.17, 15) is 13.6 Å². The van der Waals surface area contributed by atoms with Crippen LogP contribution in [0, 0.1) is 18.6 Å². The number of hydrogen-bond donors (Lipinski definition) is 0. The third kappa shape index (κ3) is 4.34. The number of hydrogen-bond acceptors (Lipinski definition) is 2. The summed E-state index contributed by atoms with van der Waals surface area (Å²) in [4.78, 5) is 19.5. The van der Waals surface area contributed by atoms with Gasteiger partial charge in [-0.05, 0) is 72.9 Å². The smallest absolute Gasteiger partial charge is 0.227 e. The molecule has 1 atom stereocenters. The number of nitrogens with zero attached hydrogens (tertiary/aromatic N) is 2. The summed E-state index contributed by atoms with van der Waals surface area (Å²) >= 11 is 0. The third-order valence-electron chi connectivity index (χ3n) is 5.33. The molecular formula is C24H22F2N2O. The zero-order valence-electron chi connectivity index (χ0n) is 16.2. The van der Waals surface area contributed by atoms with Gasteiger partial charge in [0.1, 0.15) is 11.6 Å². The summed E-state index contributed by atoms with van der Waals surface area (Å²) in [5, 5.41) is 0. The van der Waals surface area contributed by atoms with Gasteiger partial charge in [-0.15, -0.1) is 0 Å². The number of aromatic nitrogens is 1. The minimum Gasteiger partial charge on any atom is -0.334 e. The standard InChI is InChI=1S/C24H22F2N2O/c1-16-13-19(18-6-10-21(26)11-7-18)15-22(27-16)23-3-2-12-28(23)24(29)14-17-4-8-20(25)9-5-17/h4-11,13,15,23H,2-3,12,14H2,1H3/t23-/m0/s1. The number of benzene rings is 2. The van der Waals surface area contributed by atoms with E-state index in [1.165, 1.54) is 24.3 Å². The van der Waals surface area contributed by atoms with Crippen molar-refractivity contribution in [2.45, 2.75) is 32.2 Å². The van der Waals surface area contributed by atoms with Crippen molar-refractivity contribution in [3.8, 4) is 11.1 Å². The average Bonchev–Trinajstić information content (AvgIpc) is 3.20. The average molecular weight is 392 g/mol. The lowest BCUT2D eigenvalue weighted by Crippen LogP contribution is -2.32. The number of amides is 1. The minimum absolute atomic E-state index is 0.0192. The maximum atomic E-state index is 13.3. The molecule has 29 heavy (non-hydrogen) atoms. The Labute approximate surface area is 169 Å². The van der Waals surface area contributed by atoms with E-state index in [-0.39, 0.29) is 30.0 Å². The summed E-state index contributed by atoms with van der Waals surface area (Å²) < 4.78 is 26.4. The molecule has 1 aliphatic rings. The molecule has 148 valence electrons. The van der Waals surface area contributed by atoms with Crippen LogP contribution in [0.4, 0.5) is 8.78 Å². The van der Waals surface area contributed by atoms with E-state index in [0.29, 0.717) is 6.54 Å². The van der Waals surface area contributed by atoms with Crippen LogP contribution in [-0.4, -0.2) is 22.3 Å². The predicted molar refractivity (Wildman–Crippen MR) is 108 cm³/mol. The SMILES string of the molecule is Cc1cc(-c2ccc(F)cc2)cc([C@@H]2CCCN2C(=O)Cc2ccc(F)cc2)n1. The lowest BCUT2D eigenvalue weighted by Gasteiger charge is -2.25. The van der Waals surface area contributed by atoms with Gasteiger partial charge in [0.15, 0.2) is 0 Å². The fourth-order valence-electron chi connectivity index (χ4n) is 3.93. The van der Waals surface area contributed by atoms with E-state index >= 15 is 0 Å². The van der Waals surface area contributed by atoms with Gasteiger partial charge < -0.3 is 4.90 Å². The molecule has 1 aliphatic heterocycles. The zero-order valence-corrected chi connectivity index (χ0v) is 16.2. The Kier molecular flexibility index (Phi) is 5.38. The molecule has 0 radical (unpaired) electrons. The van der Waals surface area contributed by atoms with Gasteiger partial charge in [-0.1, -0.05) is 24.3 Å². The Morgan fingerprint density at radius 2 is 1.66 bits per heavy atom. The molecule has 4 rings (SSSR count). The highest BCUT2D eigenvalue weighted by molar-refractivity contribution is 5.79. The Morgan fingerprint density at radius 1 is 1.00 bits per heavy atom. The van der Waals surface area contributed by atoms with E-state index in [4.69, 9.17) is 4.98 Å². The van der Waals surface area contributed by atoms with Crippen molar-refractivity contribution >= 4 is 5.91 Å². The Hall–Kier alpha value is -3.08. The van der Waals surface area contributed by atoms with Crippen molar-refractivity contribution in [2.75, 3.05) is 6.54 Å². The molecule has 0 bridgehead atoms. The third-order valence-corrected chi connectivity index (χ3v) is 5.33. The molecule has 2 heterocycles. The highest BCUT2D eigenvalue weighted by Crippen LogP contribution is 2.34. The molecule has 1 aromatic heterocycles. The summed E-state index contributed by atoms with van der Waals surface area (Å²) in [6.07, 6.45) is 2.02. The molecule has 0 aliphatic carbocycles. The normalized spacial score (nSPS) is 16.2. The van der Waals surface area contributed by atoms with E-state index in [0.717, 1.165) is 40.9 Å². The molecule has 2 aromatic carbocycles. The van der Waals surface area contributed by atoms with Crippen LogP contribution in [-0.2, 0) is 11.2 Å². The van der Waals surface area contributed by atoms with Gasteiger partial charge in [-0.25, -0.2) is 8.78 Å². The van der Waals surface area contributed by atoms with E-state index < -0.39 is 0 Å². The summed E-state index contributed by atoms with van der Waals surface area (Å²) in [6, 6.07) is 16.3. The minimum atomic E-state index is -0.308. The lowest BCUT2D eigenvalue weighted by atomic mass is 10.0. The zero-order chi connectivity index (χ0) is 20.4. The molecule has 5 heteroatoms. The molecular weight excluding hydrogens is 370 g/mol. The molecule has 1 fully saturated rings. The number of rotatable bonds is 4. The van der Waals surface area contributed by atoms with Crippen LogP contribution < -0.4 is 0 Å². The predicted octanol–water partition coefficient (Wildman–Crippen LogP) is 5.24. The fourth-order valence-corrected chi connectivity index (χ4v) is 3.93. The second-order valence-corrected chi connectivity index (χ2v) is 7.48. The van der Waals surface area contributed by atoms with Gasteiger partial charge in [0, 0.05) is 12.2 Å². The largest absolute Gasteiger partial charge is 0.334 e. The number of pyridine rings is 1. The second-order valence-electron chi connectivity index (χ2n) is 7.48. The maximum absolute atomic E-state index is 13.3. The molecule has 1 amide bonds. The van der Waals surface area contributed by atoms with Crippen molar-refractivity contribution in [3.05, 3.63) is 89.2 Å². The molecule has 1 saturated heterocycles. The van der Waals surface area contributed by atoms with Gasteiger partial charge in [-0.3, -0.25) is 9.78 Å². The monoisotopic (exact) mass is 392 g/mol. The van der Waals surface area contributed by atoms with Crippen LogP contribution in [0.5, 0.6) is 0 Å². The molecule has 0 unspecified atom stereocenters.